The van der Waals surface area contributed by atoms with Crippen LogP contribution < -0.4 is 0 Å². The second-order valence-corrected chi connectivity index (χ2v) is 7.25. The molecule has 0 amide bonds. The number of hydrogen-bond acceptors (Lipinski definition) is 5. The third kappa shape index (κ3) is 9.03. The number of carbonyl (C=O) groups is 2. The first-order valence-corrected chi connectivity index (χ1v) is 10.2. The van der Waals surface area contributed by atoms with Gasteiger partial charge in [-0.05, 0) is 42.9 Å². The maximum Gasteiger partial charge on any atom is 0.309 e. The number of nitrogens with zero attached hydrogens (tertiary/aromatic N) is 1. The summed E-state index contributed by atoms with van der Waals surface area (Å²) in [7, 11) is 0. The number of rotatable bonds is 13. The Morgan fingerprint density at radius 3 is 2.33 bits per heavy atom. The topological polar surface area (TPSA) is 65.5 Å². The molecule has 1 heterocycles. The summed E-state index contributed by atoms with van der Waals surface area (Å²) >= 11 is 0. The van der Waals surface area contributed by atoms with Crippen molar-refractivity contribution in [3.05, 3.63) is 30.1 Å². The molecular formula is C22H35NO4. The van der Waals surface area contributed by atoms with E-state index in [4.69, 9.17) is 9.47 Å². The van der Waals surface area contributed by atoms with Crippen LogP contribution in [0.15, 0.2) is 24.5 Å². The molecule has 1 aromatic rings. The highest BCUT2D eigenvalue weighted by Gasteiger charge is 2.25. The summed E-state index contributed by atoms with van der Waals surface area (Å²) in [5, 5.41) is 0. The molecule has 27 heavy (non-hydrogen) atoms. The predicted molar refractivity (Wildman–Crippen MR) is 106 cm³/mol. The molecule has 0 saturated carbocycles. The molecule has 1 aromatic heterocycles. The number of pyridine rings is 1. The van der Waals surface area contributed by atoms with Gasteiger partial charge in [0.05, 0.1) is 18.4 Å². The summed E-state index contributed by atoms with van der Waals surface area (Å²) < 4.78 is 10.9. The quantitative estimate of drug-likeness (QED) is 0.456. The Labute approximate surface area is 163 Å². The summed E-state index contributed by atoms with van der Waals surface area (Å²) in [6.45, 7) is 8.76. The van der Waals surface area contributed by atoms with Crippen molar-refractivity contribution in [2.24, 2.45) is 17.8 Å². The summed E-state index contributed by atoms with van der Waals surface area (Å²) in [4.78, 5) is 28.6. The third-order valence-electron chi connectivity index (χ3n) is 5.00. The van der Waals surface area contributed by atoms with Crippen molar-refractivity contribution in [3.63, 3.8) is 0 Å². The third-order valence-corrected chi connectivity index (χ3v) is 5.00. The minimum absolute atomic E-state index is 0.217. The van der Waals surface area contributed by atoms with Crippen molar-refractivity contribution >= 4 is 11.9 Å². The van der Waals surface area contributed by atoms with E-state index in [2.05, 4.69) is 18.8 Å². The van der Waals surface area contributed by atoms with Crippen LogP contribution in [0.25, 0.3) is 0 Å². The molecule has 5 nitrogen and oxygen atoms in total. The molecule has 0 saturated heterocycles. The average Bonchev–Trinajstić information content (AvgIpc) is 2.70. The zero-order chi connectivity index (χ0) is 20.1. The largest absolute Gasteiger partial charge is 0.465 e. The lowest BCUT2D eigenvalue weighted by Crippen LogP contribution is -2.25. The van der Waals surface area contributed by atoms with Gasteiger partial charge in [0, 0.05) is 12.4 Å². The zero-order valence-electron chi connectivity index (χ0n) is 17.3. The smallest absolute Gasteiger partial charge is 0.309 e. The van der Waals surface area contributed by atoms with Gasteiger partial charge < -0.3 is 9.47 Å². The van der Waals surface area contributed by atoms with Crippen molar-refractivity contribution in [1.29, 1.82) is 0 Å². The number of ether oxygens (including phenoxy) is 2. The molecule has 0 radical (unpaired) electrons. The Balaban J connectivity index is 2.42. The molecule has 0 N–H and O–H groups in total. The molecule has 0 aliphatic rings. The average molecular weight is 378 g/mol. The summed E-state index contributed by atoms with van der Waals surface area (Å²) in [5.74, 6) is -0.661. The minimum atomic E-state index is -0.313. The number of unbranched alkanes of at least 4 members (excludes halogenated alkanes) is 1. The van der Waals surface area contributed by atoms with Crippen LogP contribution in [0.5, 0.6) is 0 Å². The fraction of sp³-hybridized carbons (Fsp3) is 0.682. The molecule has 3 atom stereocenters. The second kappa shape index (κ2) is 13.3. The number of hydrogen-bond donors (Lipinski definition) is 0. The molecule has 0 aromatic carbocycles. The Morgan fingerprint density at radius 2 is 1.74 bits per heavy atom. The van der Waals surface area contributed by atoms with Crippen LogP contribution in [0.4, 0.5) is 0 Å². The van der Waals surface area contributed by atoms with E-state index in [-0.39, 0.29) is 30.4 Å². The summed E-state index contributed by atoms with van der Waals surface area (Å²) in [6.07, 6.45) is 8.85. The minimum Gasteiger partial charge on any atom is -0.465 e. The number of aromatic nitrogens is 1. The van der Waals surface area contributed by atoms with Crippen LogP contribution in [-0.4, -0.2) is 23.5 Å². The lowest BCUT2D eigenvalue weighted by molar-refractivity contribution is -0.154. The standard InChI is InChI=1S/C22H35NO4/c1-5-8-9-18(6-2)15-26-21(24)17(4)14-20(7-3)22(25)27-16-19-10-12-23-13-11-19/h10-13,17-18,20H,5-9,14-16H2,1-4H3. The van der Waals surface area contributed by atoms with Crippen molar-refractivity contribution in [2.75, 3.05) is 6.61 Å². The van der Waals surface area contributed by atoms with E-state index in [0.29, 0.717) is 25.4 Å². The van der Waals surface area contributed by atoms with Gasteiger partial charge in [-0.1, -0.05) is 47.0 Å². The van der Waals surface area contributed by atoms with Crippen LogP contribution in [0.2, 0.25) is 0 Å². The van der Waals surface area contributed by atoms with Crippen molar-refractivity contribution < 1.29 is 19.1 Å². The SMILES string of the molecule is CCCCC(CC)COC(=O)C(C)CC(CC)C(=O)OCc1ccncc1. The fourth-order valence-electron chi connectivity index (χ4n) is 2.94. The van der Waals surface area contributed by atoms with E-state index in [1.165, 1.54) is 0 Å². The first kappa shape index (κ1) is 23.1. The van der Waals surface area contributed by atoms with Crippen LogP contribution in [0, 0.1) is 17.8 Å². The molecular weight excluding hydrogens is 342 g/mol. The molecule has 0 bridgehead atoms. The van der Waals surface area contributed by atoms with Gasteiger partial charge in [0.1, 0.15) is 6.61 Å². The lowest BCUT2D eigenvalue weighted by atomic mass is 9.93. The molecule has 0 aliphatic carbocycles. The predicted octanol–water partition coefficient (Wildman–Crippen LogP) is 4.94. The molecule has 152 valence electrons. The van der Waals surface area contributed by atoms with Crippen molar-refractivity contribution in [1.82, 2.24) is 4.98 Å². The van der Waals surface area contributed by atoms with E-state index in [9.17, 15) is 9.59 Å². The number of esters is 2. The van der Waals surface area contributed by atoms with Crippen molar-refractivity contribution in [3.8, 4) is 0 Å². The summed E-state index contributed by atoms with van der Waals surface area (Å²) in [6, 6.07) is 3.63. The van der Waals surface area contributed by atoms with Gasteiger partial charge in [-0.25, -0.2) is 0 Å². The molecule has 3 unspecified atom stereocenters. The van der Waals surface area contributed by atoms with E-state index < -0.39 is 0 Å². The molecule has 0 spiro atoms. The van der Waals surface area contributed by atoms with Gasteiger partial charge in [0.25, 0.3) is 0 Å². The lowest BCUT2D eigenvalue weighted by Gasteiger charge is -2.20. The Hall–Kier alpha value is -1.91. The fourth-order valence-corrected chi connectivity index (χ4v) is 2.94. The molecule has 0 aliphatic heterocycles. The number of carbonyl (C=O) groups excluding carboxylic acids is 2. The normalized spacial score (nSPS) is 14.2. The van der Waals surface area contributed by atoms with Gasteiger partial charge in [-0.2, -0.15) is 0 Å². The van der Waals surface area contributed by atoms with Gasteiger partial charge in [-0.15, -0.1) is 0 Å². The first-order chi connectivity index (χ1) is 13.0. The van der Waals surface area contributed by atoms with E-state index in [1.54, 1.807) is 12.4 Å². The van der Waals surface area contributed by atoms with Gasteiger partial charge >= 0.3 is 11.9 Å². The Bertz CT molecular complexity index is 547. The molecule has 5 heteroatoms. The van der Waals surface area contributed by atoms with Crippen LogP contribution in [0.1, 0.15) is 71.8 Å². The molecule has 1 rings (SSSR count). The van der Waals surface area contributed by atoms with Gasteiger partial charge in [-0.3, -0.25) is 14.6 Å². The van der Waals surface area contributed by atoms with E-state index in [1.807, 2.05) is 26.0 Å². The zero-order valence-corrected chi connectivity index (χ0v) is 17.3. The second-order valence-electron chi connectivity index (χ2n) is 7.25. The Morgan fingerprint density at radius 1 is 1.04 bits per heavy atom. The van der Waals surface area contributed by atoms with Crippen LogP contribution in [0.3, 0.4) is 0 Å². The highest BCUT2D eigenvalue weighted by atomic mass is 16.5. The van der Waals surface area contributed by atoms with Crippen molar-refractivity contribution in [2.45, 2.75) is 72.8 Å². The molecule has 0 fully saturated rings. The van der Waals surface area contributed by atoms with Crippen LogP contribution in [-0.2, 0) is 25.7 Å². The van der Waals surface area contributed by atoms with Crippen LogP contribution >= 0.6 is 0 Å². The maximum absolute atomic E-state index is 12.3. The van der Waals surface area contributed by atoms with E-state index in [0.717, 1.165) is 31.2 Å². The maximum atomic E-state index is 12.3. The Kier molecular flexibility index (Phi) is 11.4. The highest BCUT2D eigenvalue weighted by Crippen LogP contribution is 2.20. The monoisotopic (exact) mass is 377 g/mol. The first-order valence-electron chi connectivity index (χ1n) is 10.2. The summed E-state index contributed by atoms with van der Waals surface area (Å²) in [5.41, 5.74) is 0.901. The van der Waals surface area contributed by atoms with Gasteiger partial charge in [0.15, 0.2) is 0 Å². The van der Waals surface area contributed by atoms with Gasteiger partial charge in [0.2, 0.25) is 0 Å². The highest BCUT2D eigenvalue weighted by molar-refractivity contribution is 5.75. The van der Waals surface area contributed by atoms with E-state index >= 15 is 0 Å².